The lowest BCUT2D eigenvalue weighted by Gasteiger charge is -2.33. The SMILES string of the molecule is C[C@]1(c2cc(N)ccc2Br)N=C(N)COCC1(F)F. The van der Waals surface area contributed by atoms with Crippen LogP contribution in [0.15, 0.2) is 27.7 Å². The van der Waals surface area contributed by atoms with E-state index in [-0.39, 0.29) is 18.0 Å². The standard InChI is InChI=1S/C12H14BrF2N3O/c1-11(8-4-7(16)2-3-9(8)13)12(14,15)6-19-5-10(17)18-11/h2-4H,5-6,16H2,1H3,(H2,17,18)/t11-/m1/s1. The number of nitrogens with zero attached hydrogens (tertiary/aromatic N) is 1. The summed E-state index contributed by atoms with van der Waals surface area (Å²) >= 11 is 3.26. The van der Waals surface area contributed by atoms with Crippen molar-refractivity contribution in [3.63, 3.8) is 0 Å². The molecule has 0 saturated heterocycles. The summed E-state index contributed by atoms with van der Waals surface area (Å²) in [7, 11) is 0. The number of rotatable bonds is 1. The van der Waals surface area contributed by atoms with Crippen LogP contribution in [0.4, 0.5) is 14.5 Å². The van der Waals surface area contributed by atoms with Gasteiger partial charge in [0.15, 0.2) is 5.54 Å². The van der Waals surface area contributed by atoms with Crippen molar-refractivity contribution in [2.75, 3.05) is 18.9 Å². The van der Waals surface area contributed by atoms with Gasteiger partial charge in [0, 0.05) is 15.7 Å². The molecule has 0 amide bonds. The molecule has 0 aromatic heterocycles. The van der Waals surface area contributed by atoms with Crippen molar-refractivity contribution in [3.8, 4) is 0 Å². The number of nitrogen functional groups attached to an aromatic ring is 1. The van der Waals surface area contributed by atoms with E-state index >= 15 is 0 Å². The number of benzene rings is 1. The van der Waals surface area contributed by atoms with Gasteiger partial charge in [-0.1, -0.05) is 15.9 Å². The summed E-state index contributed by atoms with van der Waals surface area (Å²) in [5.74, 6) is -3.15. The molecule has 1 aromatic carbocycles. The minimum Gasteiger partial charge on any atom is -0.399 e. The zero-order valence-electron chi connectivity index (χ0n) is 10.3. The summed E-state index contributed by atoms with van der Waals surface area (Å²) in [5, 5.41) is 0. The van der Waals surface area contributed by atoms with Crippen LogP contribution in [0.2, 0.25) is 0 Å². The Morgan fingerprint density at radius 2 is 2.05 bits per heavy atom. The average Bonchev–Trinajstić information content (AvgIpc) is 2.40. The first-order chi connectivity index (χ1) is 8.76. The monoisotopic (exact) mass is 333 g/mol. The van der Waals surface area contributed by atoms with Gasteiger partial charge in [-0.2, -0.15) is 0 Å². The Morgan fingerprint density at radius 3 is 2.74 bits per heavy atom. The minimum atomic E-state index is -3.19. The van der Waals surface area contributed by atoms with Crippen LogP contribution in [0.5, 0.6) is 0 Å². The summed E-state index contributed by atoms with van der Waals surface area (Å²) < 4.78 is 34.0. The van der Waals surface area contributed by atoms with Crippen molar-refractivity contribution in [3.05, 3.63) is 28.2 Å². The molecule has 0 spiro atoms. The molecule has 1 aliphatic rings. The predicted molar refractivity (Wildman–Crippen MR) is 73.3 cm³/mol. The number of hydrogen-bond acceptors (Lipinski definition) is 4. The molecule has 0 radical (unpaired) electrons. The van der Waals surface area contributed by atoms with E-state index in [1.165, 1.54) is 13.0 Å². The third-order valence-electron chi connectivity index (χ3n) is 3.13. The fraction of sp³-hybridized carbons (Fsp3) is 0.417. The van der Waals surface area contributed by atoms with Gasteiger partial charge in [0.1, 0.15) is 19.0 Å². The summed E-state index contributed by atoms with van der Waals surface area (Å²) in [6.45, 7) is 0.480. The van der Waals surface area contributed by atoms with Crippen molar-refractivity contribution < 1.29 is 13.5 Å². The molecule has 4 nitrogen and oxygen atoms in total. The van der Waals surface area contributed by atoms with Crippen LogP contribution < -0.4 is 11.5 Å². The highest BCUT2D eigenvalue weighted by atomic mass is 79.9. The molecule has 7 heteroatoms. The molecule has 0 unspecified atom stereocenters. The summed E-state index contributed by atoms with van der Waals surface area (Å²) in [4.78, 5) is 3.97. The maximum Gasteiger partial charge on any atom is 0.299 e. The van der Waals surface area contributed by atoms with E-state index < -0.39 is 18.1 Å². The zero-order chi connectivity index (χ0) is 14.3. The van der Waals surface area contributed by atoms with Gasteiger partial charge in [0.25, 0.3) is 5.92 Å². The van der Waals surface area contributed by atoms with Crippen LogP contribution >= 0.6 is 15.9 Å². The number of nitrogens with two attached hydrogens (primary N) is 2. The average molecular weight is 334 g/mol. The molecule has 1 heterocycles. The van der Waals surface area contributed by atoms with E-state index in [1.54, 1.807) is 12.1 Å². The lowest BCUT2D eigenvalue weighted by atomic mass is 9.86. The Balaban J connectivity index is 2.65. The summed E-state index contributed by atoms with van der Waals surface area (Å²) in [6.07, 6.45) is 0. The lowest BCUT2D eigenvalue weighted by Crippen LogP contribution is -2.44. The summed E-state index contributed by atoms with van der Waals surface area (Å²) in [5.41, 5.74) is 10.1. The van der Waals surface area contributed by atoms with Gasteiger partial charge in [-0.25, -0.2) is 8.78 Å². The number of anilines is 1. The van der Waals surface area contributed by atoms with Crippen molar-refractivity contribution >= 4 is 27.5 Å². The van der Waals surface area contributed by atoms with E-state index in [4.69, 9.17) is 16.2 Å². The smallest absolute Gasteiger partial charge is 0.299 e. The minimum absolute atomic E-state index is 0.0361. The number of aliphatic imine (C=N–C) groups is 1. The van der Waals surface area contributed by atoms with Gasteiger partial charge in [-0.15, -0.1) is 0 Å². The number of halogens is 3. The van der Waals surface area contributed by atoms with Crippen LogP contribution in [-0.2, 0) is 10.3 Å². The molecule has 0 bridgehead atoms. The number of amidine groups is 1. The molecule has 0 saturated carbocycles. The molecule has 19 heavy (non-hydrogen) atoms. The van der Waals surface area contributed by atoms with Gasteiger partial charge in [-0.05, 0) is 25.1 Å². The van der Waals surface area contributed by atoms with Crippen molar-refractivity contribution in [2.24, 2.45) is 10.7 Å². The van der Waals surface area contributed by atoms with E-state index in [0.717, 1.165) is 0 Å². The highest BCUT2D eigenvalue weighted by molar-refractivity contribution is 9.10. The van der Waals surface area contributed by atoms with E-state index in [9.17, 15) is 8.78 Å². The Labute approximate surface area is 118 Å². The van der Waals surface area contributed by atoms with Crippen LogP contribution in [0.25, 0.3) is 0 Å². The number of alkyl halides is 2. The quantitative estimate of drug-likeness (QED) is 0.774. The van der Waals surface area contributed by atoms with Crippen LogP contribution in [0.1, 0.15) is 12.5 Å². The van der Waals surface area contributed by atoms with E-state index in [1.807, 2.05) is 0 Å². The lowest BCUT2D eigenvalue weighted by molar-refractivity contribution is -0.115. The second-order valence-corrected chi connectivity index (χ2v) is 5.47. The second kappa shape index (κ2) is 4.72. The van der Waals surface area contributed by atoms with E-state index in [2.05, 4.69) is 20.9 Å². The van der Waals surface area contributed by atoms with Crippen molar-refractivity contribution in [2.45, 2.75) is 18.4 Å². The van der Waals surface area contributed by atoms with Gasteiger partial charge >= 0.3 is 0 Å². The van der Waals surface area contributed by atoms with Crippen LogP contribution in [0.3, 0.4) is 0 Å². The molecule has 2 rings (SSSR count). The Morgan fingerprint density at radius 1 is 1.37 bits per heavy atom. The van der Waals surface area contributed by atoms with E-state index in [0.29, 0.717) is 10.2 Å². The maximum absolute atomic E-state index is 14.3. The molecule has 1 atom stereocenters. The maximum atomic E-state index is 14.3. The van der Waals surface area contributed by atoms with Crippen LogP contribution in [-0.4, -0.2) is 25.0 Å². The van der Waals surface area contributed by atoms with Gasteiger partial charge < -0.3 is 16.2 Å². The molecule has 0 aliphatic carbocycles. The highest BCUT2D eigenvalue weighted by Gasteiger charge is 2.54. The highest BCUT2D eigenvalue weighted by Crippen LogP contribution is 2.45. The summed E-state index contributed by atoms with van der Waals surface area (Å²) in [6, 6.07) is 4.71. The second-order valence-electron chi connectivity index (χ2n) is 4.61. The molecule has 1 aliphatic heterocycles. The Bertz CT molecular complexity index is 536. The van der Waals surface area contributed by atoms with Crippen molar-refractivity contribution in [1.82, 2.24) is 0 Å². The predicted octanol–water partition coefficient (Wildman–Crippen LogP) is 2.27. The van der Waals surface area contributed by atoms with Crippen molar-refractivity contribution in [1.29, 1.82) is 0 Å². The molecule has 104 valence electrons. The van der Waals surface area contributed by atoms with Gasteiger partial charge in [0.05, 0.1) is 0 Å². The molecule has 1 aromatic rings. The first kappa shape index (κ1) is 14.2. The molecular formula is C12H14BrF2N3O. The topological polar surface area (TPSA) is 73.6 Å². The number of hydrogen-bond donors (Lipinski definition) is 2. The fourth-order valence-corrected chi connectivity index (χ4v) is 2.63. The van der Waals surface area contributed by atoms with Gasteiger partial charge in [0.2, 0.25) is 0 Å². The van der Waals surface area contributed by atoms with Gasteiger partial charge in [-0.3, -0.25) is 4.99 Å². The first-order valence-corrected chi connectivity index (χ1v) is 6.41. The normalized spacial score (nSPS) is 26.6. The largest absolute Gasteiger partial charge is 0.399 e. The number of ether oxygens (including phenoxy) is 1. The Kier molecular flexibility index (Phi) is 3.53. The molecule has 4 N–H and O–H groups in total. The van der Waals surface area contributed by atoms with Crippen LogP contribution in [0, 0.1) is 0 Å². The molecular weight excluding hydrogens is 320 g/mol. The fourth-order valence-electron chi connectivity index (χ4n) is 2.00. The zero-order valence-corrected chi connectivity index (χ0v) is 11.9. The third kappa shape index (κ3) is 2.44. The third-order valence-corrected chi connectivity index (χ3v) is 3.82. The Hall–Kier alpha value is -1.21. The first-order valence-electron chi connectivity index (χ1n) is 5.61. The molecule has 0 fully saturated rings.